The fourth-order valence-electron chi connectivity index (χ4n) is 1.46. The molecule has 15 heavy (non-hydrogen) atoms. The summed E-state index contributed by atoms with van der Waals surface area (Å²) in [7, 11) is 2.13. The van der Waals surface area contributed by atoms with E-state index >= 15 is 0 Å². The summed E-state index contributed by atoms with van der Waals surface area (Å²) in [6.07, 6.45) is 1.12. The Morgan fingerprint density at radius 1 is 1.33 bits per heavy atom. The summed E-state index contributed by atoms with van der Waals surface area (Å²) in [6.45, 7) is 8.75. The van der Waals surface area contributed by atoms with Crippen LogP contribution >= 0.6 is 0 Å². The Bertz CT molecular complexity index is 342. The number of nitrogens with zero attached hydrogens (tertiary/aromatic N) is 1. The van der Waals surface area contributed by atoms with Crippen LogP contribution in [0.15, 0.2) is 18.2 Å². The number of hydrogen-bond donors (Lipinski definition) is 1. The van der Waals surface area contributed by atoms with Crippen LogP contribution in [0.4, 0.5) is 11.4 Å². The van der Waals surface area contributed by atoms with Crippen molar-refractivity contribution in [3.63, 3.8) is 0 Å². The summed E-state index contributed by atoms with van der Waals surface area (Å²) in [5.41, 5.74) is 9.23. The van der Waals surface area contributed by atoms with Crippen LogP contribution in [0.1, 0.15) is 32.8 Å². The van der Waals surface area contributed by atoms with Gasteiger partial charge in [0.1, 0.15) is 0 Å². The van der Waals surface area contributed by atoms with E-state index in [-0.39, 0.29) is 5.54 Å². The molecule has 0 amide bonds. The Labute approximate surface area is 93.1 Å². The van der Waals surface area contributed by atoms with E-state index in [1.807, 2.05) is 13.0 Å². The summed E-state index contributed by atoms with van der Waals surface area (Å²) in [6, 6.07) is 6.21. The van der Waals surface area contributed by atoms with Crippen molar-refractivity contribution < 1.29 is 0 Å². The molecule has 0 spiro atoms. The lowest BCUT2D eigenvalue weighted by atomic mass is 9.98. The van der Waals surface area contributed by atoms with Gasteiger partial charge in [-0.05, 0) is 51.0 Å². The zero-order valence-electron chi connectivity index (χ0n) is 10.5. The molecule has 0 aromatic heterocycles. The third kappa shape index (κ3) is 2.44. The second-order valence-electron chi connectivity index (χ2n) is 4.77. The van der Waals surface area contributed by atoms with Crippen LogP contribution in [0, 0.1) is 6.92 Å². The fourth-order valence-corrected chi connectivity index (χ4v) is 1.46. The molecule has 2 heteroatoms. The standard InChI is InChI=1S/C13H22N2/c1-6-13(3,4)15(5)11-7-8-12(14)10(2)9-11/h7-9H,6,14H2,1-5H3. The maximum atomic E-state index is 5.81. The van der Waals surface area contributed by atoms with Crippen LogP contribution in [0.2, 0.25) is 0 Å². The van der Waals surface area contributed by atoms with Gasteiger partial charge in [-0.15, -0.1) is 0 Å². The van der Waals surface area contributed by atoms with Gasteiger partial charge in [-0.3, -0.25) is 0 Å². The molecule has 0 unspecified atom stereocenters. The minimum atomic E-state index is 0.183. The molecular formula is C13H22N2. The summed E-state index contributed by atoms with van der Waals surface area (Å²) in [4.78, 5) is 2.30. The number of aryl methyl sites for hydroxylation is 1. The van der Waals surface area contributed by atoms with E-state index in [1.54, 1.807) is 0 Å². The van der Waals surface area contributed by atoms with Crippen molar-refractivity contribution in [2.75, 3.05) is 17.7 Å². The van der Waals surface area contributed by atoms with Gasteiger partial charge in [0.2, 0.25) is 0 Å². The molecule has 1 rings (SSSR count). The predicted molar refractivity (Wildman–Crippen MR) is 68.4 cm³/mol. The second-order valence-corrected chi connectivity index (χ2v) is 4.77. The van der Waals surface area contributed by atoms with Crippen molar-refractivity contribution in [1.29, 1.82) is 0 Å². The summed E-state index contributed by atoms with van der Waals surface area (Å²) in [5.74, 6) is 0. The third-order valence-corrected chi connectivity index (χ3v) is 3.41. The Morgan fingerprint density at radius 2 is 1.93 bits per heavy atom. The smallest absolute Gasteiger partial charge is 0.0372 e. The molecule has 0 saturated heterocycles. The molecule has 1 aromatic carbocycles. The highest BCUT2D eigenvalue weighted by atomic mass is 15.2. The zero-order chi connectivity index (χ0) is 11.6. The SMILES string of the molecule is CCC(C)(C)N(C)c1ccc(N)c(C)c1. The normalized spacial score (nSPS) is 11.5. The molecule has 84 valence electrons. The lowest BCUT2D eigenvalue weighted by Crippen LogP contribution is -2.40. The Kier molecular flexibility index (Phi) is 3.28. The van der Waals surface area contributed by atoms with Crippen LogP contribution in [-0.4, -0.2) is 12.6 Å². The van der Waals surface area contributed by atoms with Crippen molar-refractivity contribution in [2.45, 2.75) is 39.7 Å². The summed E-state index contributed by atoms with van der Waals surface area (Å²) in [5, 5.41) is 0. The molecule has 0 saturated carbocycles. The largest absolute Gasteiger partial charge is 0.399 e. The van der Waals surface area contributed by atoms with Gasteiger partial charge in [0.05, 0.1) is 0 Å². The molecule has 0 radical (unpaired) electrons. The maximum Gasteiger partial charge on any atom is 0.0372 e. The third-order valence-electron chi connectivity index (χ3n) is 3.41. The molecule has 0 aliphatic carbocycles. The van der Waals surface area contributed by atoms with E-state index in [0.29, 0.717) is 0 Å². The number of benzene rings is 1. The average molecular weight is 206 g/mol. The zero-order valence-corrected chi connectivity index (χ0v) is 10.5. The van der Waals surface area contributed by atoms with Crippen molar-refractivity contribution in [3.8, 4) is 0 Å². The van der Waals surface area contributed by atoms with Crippen LogP contribution in [0.5, 0.6) is 0 Å². The van der Waals surface area contributed by atoms with Gasteiger partial charge in [-0.2, -0.15) is 0 Å². The first-order valence-corrected chi connectivity index (χ1v) is 5.48. The minimum Gasteiger partial charge on any atom is -0.399 e. The number of rotatable bonds is 3. The Morgan fingerprint density at radius 3 is 2.40 bits per heavy atom. The molecule has 0 atom stereocenters. The van der Waals surface area contributed by atoms with Gasteiger partial charge in [0.15, 0.2) is 0 Å². The molecule has 0 fully saturated rings. The van der Waals surface area contributed by atoms with E-state index < -0.39 is 0 Å². The molecule has 2 N–H and O–H groups in total. The molecule has 2 nitrogen and oxygen atoms in total. The van der Waals surface area contributed by atoms with E-state index in [1.165, 1.54) is 5.69 Å². The molecule has 0 aliphatic heterocycles. The van der Waals surface area contributed by atoms with Crippen LogP contribution in [0.3, 0.4) is 0 Å². The predicted octanol–water partition coefficient (Wildman–Crippen LogP) is 3.20. The average Bonchev–Trinajstić information content (AvgIpc) is 2.21. The second kappa shape index (κ2) is 4.13. The van der Waals surface area contributed by atoms with Crippen LogP contribution in [-0.2, 0) is 0 Å². The highest BCUT2D eigenvalue weighted by Gasteiger charge is 2.21. The number of hydrogen-bond acceptors (Lipinski definition) is 2. The first-order valence-electron chi connectivity index (χ1n) is 5.48. The fraction of sp³-hybridized carbons (Fsp3) is 0.538. The molecule has 0 bridgehead atoms. The van der Waals surface area contributed by atoms with Gasteiger partial charge < -0.3 is 10.6 Å². The van der Waals surface area contributed by atoms with Gasteiger partial charge in [0, 0.05) is 24.0 Å². The van der Waals surface area contributed by atoms with E-state index in [0.717, 1.165) is 17.7 Å². The lowest BCUT2D eigenvalue weighted by molar-refractivity contribution is 0.471. The van der Waals surface area contributed by atoms with E-state index in [9.17, 15) is 0 Å². The molecule has 1 aromatic rings. The first kappa shape index (κ1) is 11.9. The maximum absolute atomic E-state index is 5.81. The quantitative estimate of drug-likeness (QED) is 0.769. The first-order chi connectivity index (χ1) is 6.88. The monoisotopic (exact) mass is 206 g/mol. The van der Waals surface area contributed by atoms with Crippen molar-refractivity contribution in [2.24, 2.45) is 0 Å². The van der Waals surface area contributed by atoms with Crippen molar-refractivity contribution >= 4 is 11.4 Å². The number of anilines is 2. The summed E-state index contributed by atoms with van der Waals surface area (Å²) >= 11 is 0. The number of nitrogen functional groups attached to an aromatic ring is 1. The summed E-state index contributed by atoms with van der Waals surface area (Å²) < 4.78 is 0. The highest BCUT2D eigenvalue weighted by Crippen LogP contribution is 2.27. The topological polar surface area (TPSA) is 29.3 Å². The lowest BCUT2D eigenvalue weighted by Gasteiger charge is -2.37. The van der Waals surface area contributed by atoms with Gasteiger partial charge in [-0.1, -0.05) is 6.92 Å². The van der Waals surface area contributed by atoms with Crippen molar-refractivity contribution in [1.82, 2.24) is 0 Å². The Balaban J connectivity index is 3.02. The minimum absolute atomic E-state index is 0.183. The van der Waals surface area contributed by atoms with E-state index in [2.05, 4.69) is 44.9 Å². The number of nitrogens with two attached hydrogens (primary N) is 1. The Hall–Kier alpha value is -1.18. The van der Waals surface area contributed by atoms with Crippen LogP contribution < -0.4 is 10.6 Å². The highest BCUT2D eigenvalue weighted by molar-refractivity contribution is 5.58. The van der Waals surface area contributed by atoms with Gasteiger partial charge in [-0.25, -0.2) is 0 Å². The molecule has 0 aliphatic rings. The van der Waals surface area contributed by atoms with Crippen molar-refractivity contribution in [3.05, 3.63) is 23.8 Å². The van der Waals surface area contributed by atoms with Gasteiger partial charge >= 0.3 is 0 Å². The molecule has 0 heterocycles. The van der Waals surface area contributed by atoms with E-state index in [4.69, 9.17) is 5.73 Å². The van der Waals surface area contributed by atoms with Gasteiger partial charge in [0.25, 0.3) is 0 Å². The molecular weight excluding hydrogens is 184 g/mol. The van der Waals surface area contributed by atoms with Crippen LogP contribution in [0.25, 0.3) is 0 Å².